The third-order valence-corrected chi connectivity index (χ3v) is 1.78. The van der Waals surface area contributed by atoms with Crippen LogP contribution in [0.15, 0.2) is 36.4 Å². The minimum absolute atomic E-state index is 0.318. The number of carboxylic acids is 1. The highest BCUT2D eigenvalue weighted by Gasteiger charge is 2.03. The third kappa shape index (κ3) is 4.29. The second-order valence-electron chi connectivity index (χ2n) is 3.15. The lowest BCUT2D eigenvalue weighted by Crippen LogP contribution is -2.02. The van der Waals surface area contributed by atoms with E-state index in [2.05, 4.69) is 0 Å². The number of esters is 1. The van der Waals surface area contributed by atoms with Crippen LogP contribution in [0.1, 0.15) is 17.3 Å². The van der Waals surface area contributed by atoms with Gasteiger partial charge in [0.1, 0.15) is 5.75 Å². The fourth-order valence-corrected chi connectivity index (χ4v) is 1.10. The average molecular weight is 234 g/mol. The Balaban J connectivity index is 2.77. The average Bonchev–Trinajstić information content (AvgIpc) is 2.26. The van der Waals surface area contributed by atoms with Crippen LogP contribution in [0.3, 0.4) is 0 Å². The van der Waals surface area contributed by atoms with Gasteiger partial charge in [0.25, 0.3) is 0 Å². The number of benzene rings is 1. The maximum atomic E-state index is 11.4. The highest BCUT2D eigenvalue weighted by Crippen LogP contribution is 2.13. The van der Waals surface area contributed by atoms with E-state index in [0.717, 1.165) is 12.2 Å². The van der Waals surface area contributed by atoms with Crippen LogP contribution in [0.4, 0.5) is 0 Å². The SMILES string of the molecule is CC(=O)Oc1ccc(C(=O)/C=C/C(=O)O)cc1. The fourth-order valence-electron chi connectivity index (χ4n) is 1.10. The number of ether oxygens (including phenoxy) is 1. The number of carbonyl (C=O) groups excluding carboxylic acids is 2. The van der Waals surface area contributed by atoms with Crippen molar-refractivity contribution in [3.63, 3.8) is 0 Å². The summed E-state index contributed by atoms with van der Waals surface area (Å²) in [6.45, 7) is 1.27. The number of carbonyl (C=O) groups is 3. The van der Waals surface area contributed by atoms with Gasteiger partial charge in [0.15, 0.2) is 5.78 Å². The lowest BCUT2D eigenvalue weighted by atomic mass is 10.1. The van der Waals surface area contributed by atoms with E-state index in [1.807, 2.05) is 0 Å². The number of aliphatic carboxylic acids is 1. The van der Waals surface area contributed by atoms with Crippen molar-refractivity contribution in [1.82, 2.24) is 0 Å². The minimum atomic E-state index is -1.19. The summed E-state index contributed by atoms with van der Waals surface area (Å²) < 4.78 is 4.78. The number of carboxylic acid groups (broad SMARTS) is 1. The van der Waals surface area contributed by atoms with Gasteiger partial charge in [-0.2, -0.15) is 0 Å². The third-order valence-electron chi connectivity index (χ3n) is 1.78. The molecular weight excluding hydrogens is 224 g/mol. The molecule has 0 aliphatic rings. The Morgan fingerprint density at radius 1 is 1.12 bits per heavy atom. The van der Waals surface area contributed by atoms with Gasteiger partial charge in [-0.3, -0.25) is 9.59 Å². The van der Waals surface area contributed by atoms with Crippen molar-refractivity contribution >= 4 is 17.7 Å². The number of allylic oxidation sites excluding steroid dienone is 1. The van der Waals surface area contributed by atoms with Crippen molar-refractivity contribution in [2.75, 3.05) is 0 Å². The summed E-state index contributed by atoms with van der Waals surface area (Å²) in [5.74, 6) is -1.73. The monoisotopic (exact) mass is 234 g/mol. The Kier molecular flexibility index (Phi) is 4.16. The molecule has 0 aliphatic heterocycles. The predicted molar refractivity (Wildman–Crippen MR) is 58.9 cm³/mol. The number of hydrogen-bond acceptors (Lipinski definition) is 4. The second-order valence-corrected chi connectivity index (χ2v) is 3.15. The van der Waals surface area contributed by atoms with E-state index < -0.39 is 17.7 Å². The van der Waals surface area contributed by atoms with E-state index >= 15 is 0 Å². The maximum Gasteiger partial charge on any atom is 0.328 e. The molecule has 1 rings (SSSR count). The summed E-state index contributed by atoms with van der Waals surface area (Å²) in [6, 6.07) is 5.83. The molecule has 0 aromatic heterocycles. The standard InChI is InChI=1S/C12H10O5/c1-8(13)17-10-4-2-9(3-5-10)11(14)6-7-12(15)16/h2-7H,1H3,(H,15,16)/b7-6+. The molecule has 0 spiro atoms. The molecule has 1 N–H and O–H groups in total. The quantitative estimate of drug-likeness (QED) is 0.369. The van der Waals surface area contributed by atoms with Crippen molar-refractivity contribution in [3.8, 4) is 5.75 Å². The van der Waals surface area contributed by atoms with Gasteiger partial charge < -0.3 is 9.84 Å². The Bertz CT molecular complexity index is 470. The summed E-state index contributed by atoms with van der Waals surface area (Å²) in [5, 5.41) is 8.36. The molecule has 0 radical (unpaired) electrons. The van der Waals surface area contributed by atoms with Crippen LogP contribution >= 0.6 is 0 Å². The Labute approximate surface area is 97.3 Å². The summed E-state index contributed by atoms with van der Waals surface area (Å²) >= 11 is 0. The summed E-state index contributed by atoms with van der Waals surface area (Å²) in [7, 11) is 0. The van der Waals surface area contributed by atoms with Crippen molar-refractivity contribution in [2.45, 2.75) is 6.92 Å². The van der Waals surface area contributed by atoms with Crippen molar-refractivity contribution in [1.29, 1.82) is 0 Å². The molecule has 5 heteroatoms. The first-order valence-corrected chi connectivity index (χ1v) is 4.73. The van der Waals surface area contributed by atoms with Crippen molar-refractivity contribution in [3.05, 3.63) is 42.0 Å². The van der Waals surface area contributed by atoms with Crippen LogP contribution in [0.5, 0.6) is 5.75 Å². The van der Waals surface area contributed by atoms with Crippen LogP contribution < -0.4 is 4.74 Å². The molecular formula is C12H10O5. The molecule has 0 aliphatic carbocycles. The van der Waals surface area contributed by atoms with E-state index in [-0.39, 0.29) is 0 Å². The Morgan fingerprint density at radius 2 is 1.71 bits per heavy atom. The highest BCUT2D eigenvalue weighted by molar-refractivity contribution is 6.06. The van der Waals surface area contributed by atoms with Gasteiger partial charge in [0.05, 0.1) is 0 Å². The molecule has 0 atom stereocenters. The molecule has 0 bridgehead atoms. The molecule has 0 saturated heterocycles. The van der Waals surface area contributed by atoms with E-state index in [1.54, 1.807) is 0 Å². The number of ketones is 1. The van der Waals surface area contributed by atoms with Gasteiger partial charge in [0, 0.05) is 18.6 Å². The molecule has 0 unspecified atom stereocenters. The lowest BCUT2D eigenvalue weighted by molar-refractivity contribution is -0.132. The van der Waals surface area contributed by atoms with Gasteiger partial charge in [-0.25, -0.2) is 4.79 Å². The van der Waals surface area contributed by atoms with E-state index in [9.17, 15) is 14.4 Å². The number of rotatable bonds is 4. The molecule has 88 valence electrons. The van der Waals surface area contributed by atoms with Crippen LogP contribution in [0.25, 0.3) is 0 Å². The van der Waals surface area contributed by atoms with E-state index in [0.29, 0.717) is 11.3 Å². The molecule has 0 heterocycles. The number of hydrogen-bond donors (Lipinski definition) is 1. The van der Waals surface area contributed by atoms with Crippen LogP contribution in [0, 0.1) is 0 Å². The predicted octanol–water partition coefficient (Wildman–Crippen LogP) is 1.44. The molecule has 1 aromatic rings. The molecule has 0 amide bonds. The van der Waals surface area contributed by atoms with E-state index in [1.165, 1.54) is 31.2 Å². The first-order valence-electron chi connectivity index (χ1n) is 4.73. The zero-order valence-corrected chi connectivity index (χ0v) is 9.04. The topological polar surface area (TPSA) is 80.7 Å². The van der Waals surface area contributed by atoms with Crippen molar-refractivity contribution in [2.24, 2.45) is 0 Å². The van der Waals surface area contributed by atoms with Crippen LogP contribution in [-0.2, 0) is 9.59 Å². The zero-order chi connectivity index (χ0) is 12.8. The molecule has 17 heavy (non-hydrogen) atoms. The molecule has 1 aromatic carbocycles. The molecule has 0 saturated carbocycles. The van der Waals surface area contributed by atoms with Crippen LogP contribution in [0.2, 0.25) is 0 Å². The molecule has 0 fully saturated rings. The summed E-state index contributed by atoms with van der Waals surface area (Å²) in [6.07, 6.45) is 1.73. The summed E-state index contributed by atoms with van der Waals surface area (Å²) in [4.78, 5) is 32.3. The van der Waals surface area contributed by atoms with Gasteiger partial charge in [-0.1, -0.05) is 0 Å². The Morgan fingerprint density at radius 3 is 2.18 bits per heavy atom. The molecule has 5 nitrogen and oxygen atoms in total. The van der Waals surface area contributed by atoms with Gasteiger partial charge >= 0.3 is 11.9 Å². The highest BCUT2D eigenvalue weighted by atomic mass is 16.5. The zero-order valence-electron chi connectivity index (χ0n) is 9.04. The van der Waals surface area contributed by atoms with E-state index in [4.69, 9.17) is 9.84 Å². The minimum Gasteiger partial charge on any atom is -0.478 e. The van der Waals surface area contributed by atoms with Crippen molar-refractivity contribution < 1.29 is 24.2 Å². The normalized spacial score (nSPS) is 10.2. The van der Waals surface area contributed by atoms with Gasteiger partial charge in [-0.05, 0) is 30.3 Å². The fraction of sp³-hybridized carbons (Fsp3) is 0.0833. The van der Waals surface area contributed by atoms with Gasteiger partial charge in [-0.15, -0.1) is 0 Å². The van der Waals surface area contributed by atoms with Gasteiger partial charge in [0.2, 0.25) is 0 Å². The summed E-state index contributed by atoms with van der Waals surface area (Å²) in [5.41, 5.74) is 0.318. The second kappa shape index (κ2) is 5.60. The smallest absolute Gasteiger partial charge is 0.328 e. The largest absolute Gasteiger partial charge is 0.478 e. The van der Waals surface area contributed by atoms with Crippen LogP contribution in [-0.4, -0.2) is 22.8 Å². The Hall–Kier alpha value is -2.43. The maximum absolute atomic E-state index is 11.4. The lowest BCUT2D eigenvalue weighted by Gasteiger charge is -2.01. The first-order chi connectivity index (χ1) is 7.99. The first kappa shape index (κ1) is 12.6.